The molecule has 19 heavy (non-hydrogen) atoms. The minimum Gasteiger partial charge on any atom is -0.265 e. The molecule has 11 heteroatoms. The molecule has 1 aromatic rings. The molecule has 0 aliphatic carbocycles. The van der Waals surface area contributed by atoms with E-state index in [1.807, 2.05) is 0 Å². The fourth-order valence-electron chi connectivity index (χ4n) is 1.15. The summed E-state index contributed by atoms with van der Waals surface area (Å²) >= 11 is 0. The molecule has 106 valence electrons. The normalized spacial score (nSPS) is 12.8. The lowest BCUT2D eigenvalue weighted by Gasteiger charge is -2.13. The molecule has 5 nitrogen and oxygen atoms in total. The Labute approximate surface area is 106 Å². The molecule has 0 atom stereocenters. The van der Waals surface area contributed by atoms with Gasteiger partial charge in [-0.2, -0.15) is 21.6 Å². The molecule has 1 aromatic carbocycles. The average Bonchev–Trinajstić information content (AvgIpc) is 2.27. The second-order valence-corrected chi connectivity index (χ2v) is 4.97. The fourth-order valence-corrected chi connectivity index (χ4v) is 2.37. The number of benzene rings is 1. The maximum atomic E-state index is 13.3. The highest BCUT2D eigenvalue weighted by Crippen LogP contribution is 2.36. The molecular formula is C8H5F4O5PS. The smallest absolute Gasteiger partial charge is 0.265 e. The molecule has 0 bridgehead atoms. The predicted octanol–water partition coefficient (Wildman–Crippen LogP) is 2.73. The van der Waals surface area contributed by atoms with Crippen molar-refractivity contribution in [1.29, 1.82) is 0 Å². The minimum atomic E-state index is -5.08. The third-order valence-electron chi connectivity index (χ3n) is 1.83. The number of alkyl halides is 3. The highest BCUT2D eigenvalue weighted by molar-refractivity contribution is 7.86. The van der Waals surface area contributed by atoms with Crippen molar-refractivity contribution in [3.63, 3.8) is 0 Å². The Morgan fingerprint density at radius 1 is 1.26 bits per heavy atom. The lowest BCUT2D eigenvalue weighted by Crippen LogP contribution is -2.17. The van der Waals surface area contributed by atoms with Crippen LogP contribution in [-0.4, -0.2) is 15.2 Å². The van der Waals surface area contributed by atoms with Gasteiger partial charge in [0.1, 0.15) is 10.7 Å². The summed E-state index contributed by atoms with van der Waals surface area (Å²) in [5.41, 5.74) is -1.70. The van der Waals surface area contributed by atoms with Gasteiger partial charge in [0.25, 0.3) is 0 Å². The third-order valence-corrected chi connectivity index (χ3v) is 3.36. The lowest BCUT2D eigenvalue weighted by molar-refractivity contribution is -0.140. The van der Waals surface area contributed by atoms with Gasteiger partial charge in [-0.05, 0) is 12.1 Å². The van der Waals surface area contributed by atoms with Crippen molar-refractivity contribution >= 4 is 18.8 Å². The molecule has 0 radical (unpaired) electrons. The first-order chi connectivity index (χ1) is 8.70. The van der Waals surface area contributed by atoms with Crippen LogP contribution < -0.4 is 0 Å². The number of hydrogen-bond donors (Lipinski definition) is 0. The highest BCUT2D eigenvalue weighted by atomic mass is 32.2. The Balaban J connectivity index is 3.29. The monoisotopic (exact) mass is 320 g/mol. The van der Waals surface area contributed by atoms with E-state index < -0.39 is 48.1 Å². The van der Waals surface area contributed by atoms with E-state index in [2.05, 4.69) is 8.71 Å². The molecule has 0 aliphatic rings. The van der Waals surface area contributed by atoms with Gasteiger partial charge < -0.3 is 0 Å². The van der Waals surface area contributed by atoms with Crippen LogP contribution in [-0.2, 0) is 29.6 Å². The van der Waals surface area contributed by atoms with Crippen LogP contribution in [0.1, 0.15) is 5.56 Å². The van der Waals surface area contributed by atoms with E-state index in [-0.39, 0.29) is 0 Å². The molecule has 0 amide bonds. The van der Waals surface area contributed by atoms with E-state index in [9.17, 15) is 30.5 Å². The second-order valence-electron chi connectivity index (χ2n) is 3.01. The van der Waals surface area contributed by atoms with Crippen LogP contribution in [0.2, 0.25) is 0 Å². The van der Waals surface area contributed by atoms with E-state index >= 15 is 0 Å². The van der Waals surface area contributed by atoms with Gasteiger partial charge in [0, 0.05) is 0 Å². The summed E-state index contributed by atoms with van der Waals surface area (Å²) in [6.07, 6.45) is -5.08. The molecule has 0 aromatic heterocycles. The van der Waals surface area contributed by atoms with Crippen LogP contribution in [0, 0.1) is 5.82 Å². The number of halogens is 4. The predicted molar refractivity (Wildman–Crippen MR) is 53.2 cm³/mol. The molecule has 0 fully saturated rings. The van der Waals surface area contributed by atoms with E-state index in [0.717, 1.165) is 0 Å². The van der Waals surface area contributed by atoms with Crippen molar-refractivity contribution in [1.82, 2.24) is 0 Å². The Hall–Kier alpha value is -1.09. The Morgan fingerprint density at radius 3 is 2.42 bits per heavy atom. The van der Waals surface area contributed by atoms with Gasteiger partial charge in [0.15, 0.2) is 6.79 Å². The highest BCUT2D eigenvalue weighted by Gasteiger charge is 2.39. The summed E-state index contributed by atoms with van der Waals surface area (Å²) in [5.74, 6) is -1.62. The quantitative estimate of drug-likeness (QED) is 0.274. The lowest BCUT2D eigenvalue weighted by atomic mass is 10.2. The summed E-state index contributed by atoms with van der Waals surface area (Å²) in [7, 11) is -5.98. The van der Waals surface area contributed by atoms with Gasteiger partial charge >= 0.3 is 25.0 Å². The molecule has 0 unspecified atom stereocenters. The Morgan fingerprint density at radius 2 is 1.89 bits per heavy atom. The van der Waals surface area contributed by atoms with Crippen LogP contribution in [0.25, 0.3) is 0 Å². The van der Waals surface area contributed by atoms with Gasteiger partial charge in [-0.15, -0.1) is 0 Å². The molecular weight excluding hydrogens is 315 g/mol. The Kier molecular flexibility index (Phi) is 4.97. The topological polar surface area (TPSA) is 69.7 Å². The maximum absolute atomic E-state index is 13.3. The van der Waals surface area contributed by atoms with E-state index in [1.54, 1.807) is 0 Å². The zero-order chi connectivity index (χ0) is 14.7. The van der Waals surface area contributed by atoms with Crippen molar-refractivity contribution in [3.8, 4) is 0 Å². The molecule has 0 aliphatic heterocycles. The average molecular weight is 320 g/mol. The van der Waals surface area contributed by atoms with Crippen LogP contribution >= 0.6 is 8.69 Å². The van der Waals surface area contributed by atoms with Crippen LogP contribution in [0.4, 0.5) is 17.6 Å². The zero-order valence-electron chi connectivity index (χ0n) is 8.85. The summed E-state index contributed by atoms with van der Waals surface area (Å²) in [6, 6.07) is 1.65. The van der Waals surface area contributed by atoms with Gasteiger partial charge in [-0.1, -0.05) is 6.07 Å². The summed E-state index contributed by atoms with van der Waals surface area (Å²) in [4.78, 5) is -1.64. The SMILES string of the molecule is O=POCOS(=O)(=O)c1c(F)cccc1C(F)(F)F. The van der Waals surface area contributed by atoms with Crippen molar-refractivity contribution in [3.05, 3.63) is 29.6 Å². The summed E-state index contributed by atoms with van der Waals surface area (Å²) in [5, 5.41) is 0. The summed E-state index contributed by atoms with van der Waals surface area (Å²) < 4.78 is 91.8. The van der Waals surface area contributed by atoms with Gasteiger partial charge in [0.05, 0.1) is 5.56 Å². The second kappa shape index (κ2) is 5.91. The molecule has 0 saturated carbocycles. The van der Waals surface area contributed by atoms with Crippen molar-refractivity contribution in [2.75, 3.05) is 6.79 Å². The fraction of sp³-hybridized carbons (Fsp3) is 0.250. The minimum absolute atomic E-state index is 0.395. The van der Waals surface area contributed by atoms with Gasteiger partial charge in [-0.3, -0.25) is 4.52 Å². The first-order valence-corrected chi connectivity index (χ1v) is 6.54. The maximum Gasteiger partial charge on any atom is 0.417 e. The largest absolute Gasteiger partial charge is 0.417 e. The molecule has 0 heterocycles. The molecule has 1 rings (SSSR count). The number of rotatable bonds is 5. The van der Waals surface area contributed by atoms with E-state index in [0.29, 0.717) is 18.2 Å². The molecule has 0 saturated heterocycles. The van der Waals surface area contributed by atoms with Crippen LogP contribution in [0.5, 0.6) is 0 Å². The summed E-state index contributed by atoms with van der Waals surface area (Å²) in [6.45, 7) is -1.11. The van der Waals surface area contributed by atoms with Crippen LogP contribution in [0.15, 0.2) is 23.1 Å². The Bertz CT molecular complexity index is 571. The van der Waals surface area contributed by atoms with Crippen molar-refractivity contribution < 1.29 is 39.3 Å². The standard InChI is InChI=1S/C8H5F4O5PS/c9-6-3-1-2-5(8(10,11)12)7(6)19(14,15)17-4-16-18-13/h1-3H,4H2. The number of hydrogen-bond acceptors (Lipinski definition) is 5. The van der Waals surface area contributed by atoms with Crippen molar-refractivity contribution in [2.45, 2.75) is 11.1 Å². The third kappa shape index (κ3) is 3.93. The van der Waals surface area contributed by atoms with Crippen molar-refractivity contribution in [2.24, 2.45) is 0 Å². The first kappa shape index (κ1) is 16.0. The zero-order valence-corrected chi connectivity index (χ0v) is 10.6. The van der Waals surface area contributed by atoms with Gasteiger partial charge in [0.2, 0.25) is 0 Å². The molecule has 0 spiro atoms. The molecule has 0 N–H and O–H groups in total. The first-order valence-electron chi connectivity index (χ1n) is 4.40. The van der Waals surface area contributed by atoms with Crippen LogP contribution in [0.3, 0.4) is 0 Å². The van der Waals surface area contributed by atoms with Gasteiger partial charge in [-0.25, -0.2) is 13.1 Å². The van der Waals surface area contributed by atoms with E-state index in [4.69, 9.17) is 0 Å². The van der Waals surface area contributed by atoms with E-state index in [1.165, 1.54) is 0 Å².